The number of aromatic nitrogens is 2. The number of ether oxygens (including phenoxy) is 4. The zero-order valence-electron chi connectivity index (χ0n) is 33.7. The molecule has 0 radical (unpaired) electrons. The lowest BCUT2D eigenvalue weighted by Gasteiger charge is -2.39. The Morgan fingerprint density at radius 1 is 0.724 bits per heavy atom. The van der Waals surface area contributed by atoms with Gasteiger partial charge in [0.1, 0.15) is 22.6 Å². The molecule has 1 saturated carbocycles. The lowest BCUT2D eigenvalue weighted by Crippen LogP contribution is -2.32. The summed E-state index contributed by atoms with van der Waals surface area (Å²) >= 11 is 12.9. The number of aromatic carboxylic acids is 2. The summed E-state index contributed by atoms with van der Waals surface area (Å²) in [5.41, 5.74) is 3.67. The SMILES string of the molecule is COCCCOc1cc2c(cc1Cl)-c1cc(=O)c(C(=O)O)cn1[C@H](C(C)(C)C)C2.COCCCOc1cc2c(cc1Cl)-c1cc(=O)c(C(=O)O)cn1[C@H](C1(C)CC1)C2. The van der Waals surface area contributed by atoms with Gasteiger partial charge in [-0.05, 0) is 71.9 Å². The monoisotopic (exact) mass is 836 g/mol. The highest BCUT2D eigenvalue weighted by atomic mass is 35.5. The van der Waals surface area contributed by atoms with E-state index < -0.39 is 22.8 Å². The van der Waals surface area contributed by atoms with E-state index in [-0.39, 0.29) is 34.0 Å². The topological polar surface area (TPSA) is 156 Å². The number of carboxylic acids is 2. The van der Waals surface area contributed by atoms with E-state index in [2.05, 4.69) is 27.7 Å². The number of carboxylic acid groups (broad SMARTS) is 2. The van der Waals surface area contributed by atoms with Crippen LogP contribution in [0.5, 0.6) is 11.5 Å². The number of fused-ring (bicyclic) bond motifs is 6. The Morgan fingerprint density at radius 3 is 1.60 bits per heavy atom. The number of halogens is 2. The molecule has 4 aromatic rings. The summed E-state index contributed by atoms with van der Waals surface area (Å²) in [4.78, 5) is 47.8. The molecule has 1 fully saturated rings. The van der Waals surface area contributed by atoms with Crippen LogP contribution in [0.3, 0.4) is 0 Å². The van der Waals surface area contributed by atoms with Crippen LogP contribution in [-0.4, -0.2) is 71.9 Å². The summed E-state index contributed by atoms with van der Waals surface area (Å²) in [6.45, 7) is 10.7. The quantitative estimate of drug-likeness (QED) is 0.125. The Labute approximate surface area is 347 Å². The van der Waals surface area contributed by atoms with Gasteiger partial charge in [0.15, 0.2) is 10.9 Å². The van der Waals surface area contributed by atoms with Crippen molar-refractivity contribution in [2.45, 2.75) is 78.3 Å². The Balaban J connectivity index is 0.000000196. The van der Waals surface area contributed by atoms with Gasteiger partial charge in [-0.15, -0.1) is 0 Å². The van der Waals surface area contributed by atoms with Gasteiger partial charge in [-0.3, -0.25) is 9.59 Å². The molecule has 0 spiro atoms. The number of nitrogens with zero attached hydrogens (tertiary/aromatic N) is 2. The highest BCUT2D eigenvalue weighted by molar-refractivity contribution is 6.32. The Hall–Kier alpha value is -4.62. The third-order valence-electron chi connectivity index (χ3n) is 11.3. The lowest BCUT2D eigenvalue weighted by atomic mass is 9.79. The van der Waals surface area contributed by atoms with Crippen molar-refractivity contribution in [1.29, 1.82) is 0 Å². The maximum atomic E-state index is 12.4. The minimum atomic E-state index is -1.22. The first kappa shape index (κ1) is 43.0. The van der Waals surface area contributed by atoms with Crippen LogP contribution >= 0.6 is 23.2 Å². The summed E-state index contributed by atoms with van der Waals surface area (Å²) in [5, 5.41) is 19.7. The normalized spacial score (nSPS) is 17.1. The van der Waals surface area contributed by atoms with Crippen LogP contribution in [0.25, 0.3) is 22.5 Å². The highest BCUT2D eigenvalue weighted by Crippen LogP contribution is 2.57. The summed E-state index contributed by atoms with van der Waals surface area (Å²) in [6.07, 6.45) is 8.06. The van der Waals surface area contributed by atoms with Crippen molar-refractivity contribution in [1.82, 2.24) is 9.13 Å². The fourth-order valence-corrected chi connectivity index (χ4v) is 8.25. The van der Waals surface area contributed by atoms with Crippen molar-refractivity contribution in [2.24, 2.45) is 10.8 Å². The van der Waals surface area contributed by atoms with E-state index in [9.17, 15) is 29.4 Å². The molecule has 7 rings (SSSR count). The summed E-state index contributed by atoms with van der Waals surface area (Å²) < 4.78 is 25.6. The van der Waals surface area contributed by atoms with Crippen molar-refractivity contribution in [3.63, 3.8) is 0 Å². The fraction of sp³-hybridized carbons (Fsp3) is 0.455. The summed E-state index contributed by atoms with van der Waals surface area (Å²) in [5.74, 6) is -1.19. The molecule has 310 valence electrons. The molecule has 0 bridgehead atoms. The van der Waals surface area contributed by atoms with Crippen molar-refractivity contribution in [3.05, 3.63) is 102 Å². The molecule has 58 heavy (non-hydrogen) atoms. The fourth-order valence-electron chi connectivity index (χ4n) is 7.81. The zero-order chi connectivity index (χ0) is 42.1. The molecule has 12 nitrogen and oxygen atoms in total. The van der Waals surface area contributed by atoms with Crippen LogP contribution in [0, 0.1) is 10.8 Å². The Morgan fingerprint density at radius 2 is 1.17 bits per heavy atom. The van der Waals surface area contributed by atoms with Gasteiger partial charge in [-0.2, -0.15) is 0 Å². The molecule has 2 aliphatic heterocycles. The summed E-state index contributed by atoms with van der Waals surface area (Å²) in [6, 6.07) is 10.4. The third-order valence-corrected chi connectivity index (χ3v) is 11.9. The van der Waals surface area contributed by atoms with Crippen molar-refractivity contribution < 1.29 is 38.7 Å². The van der Waals surface area contributed by atoms with Crippen LogP contribution in [-0.2, 0) is 22.3 Å². The van der Waals surface area contributed by atoms with E-state index in [0.29, 0.717) is 65.8 Å². The minimum Gasteiger partial charge on any atom is -0.492 e. The third kappa shape index (κ3) is 9.00. The van der Waals surface area contributed by atoms with Gasteiger partial charge in [-0.25, -0.2) is 9.59 Å². The van der Waals surface area contributed by atoms with Crippen molar-refractivity contribution in [2.75, 3.05) is 40.6 Å². The first-order valence-electron chi connectivity index (χ1n) is 19.4. The second-order valence-corrected chi connectivity index (χ2v) is 17.3. The average Bonchev–Trinajstić information content (AvgIpc) is 3.92. The van der Waals surface area contributed by atoms with Gasteiger partial charge in [-0.1, -0.05) is 50.9 Å². The summed E-state index contributed by atoms with van der Waals surface area (Å²) in [7, 11) is 3.30. The van der Waals surface area contributed by atoms with Gasteiger partial charge < -0.3 is 38.3 Å². The van der Waals surface area contributed by atoms with E-state index in [1.807, 2.05) is 27.3 Å². The molecule has 3 aliphatic rings. The molecular formula is C44H50Cl2N2O10. The Bertz CT molecular complexity index is 2190. The molecule has 1 aliphatic carbocycles. The molecule has 14 heteroatoms. The molecule has 2 aromatic carbocycles. The second-order valence-electron chi connectivity index (χ2n) is 16.5. The number of hydrogen-bond acceptors (Lipinski definition) is 8. The van der Waals surface area contributed by atoms with E-state index >= 15 is 0 Å². The molecule has 2 N–H and O–H groups in total. The highest BCUT2D eigenvalue weighted by Gasteiger charge is 2.48. The minimum absolute atomic E-state index is 0.0220. The van der Waals surface area contributed by atoms with Gasteiger partial charge in [0, 0.05) is 88.0 Å². The standard InChI is InChI=1S/C22H24ClNO5.C22H26ClNO5/c1-22(4-5-22)20-9-13-8-19(29-7-3-6-28-2)16(23)10-14(13)17-11-18(25)15(21(26)27)12-24(17)20;1-22(2,3)20-9-13-8-19(29-7-5-6-28-4)16(23)10-14(13)17-11-18(25)15(21(26)27)12-24(17)20/h8,10-12,20H,3-7,9H2,1-2H3,(H,26,27);8,10-12,20H,5-7,9H2,1-4H3,(H,26,27)/t2*20-/m00/s1. The molecule has 4 heterocycles. The van der Waals surface area contributed by atoms with Crippen LogP contribution < -0.4 is 20.3 Å². The first-order chi connectivity index (χ1) is 27.5. The molecule has 0 amide bonds. The van der Waals surface area contributed by atoms with Crippen LogP contribution in [0.2, 0.25) is 10.0 Å². The second kappa shape index (κ2) is 17.3. The number of carbonyl (C=O) groups is 2. The van der Waals surface area contributed by atoms with E-state index in [1.54, 1.807) is 20.3 Å². The largest absolute Gasteiger partial charge is 0.492 e. The number of pyridine rings is 2. The maximum absolute atomic E-state index is 12.4. The van der Waals surface area contributed by atoms with Gasteiger partial charge in [0.05, 0.1) is 34.6 Å². The van der Waals surface area contributed by atoms with E-state index in [4.69, 9.17) is 42.1 Å². The molecule has 0 saturated heterocycles. The molecule has 2 atom stereocenters. The van der Waals surface area contributed by atoms with Crippen LogP contribution in [0.1, 0.15) is 97.3 Å². The van der Waals surface area contributed by atoms with Crippen LogP contribution in [0.4, 0.5) is 0 Å². The predicted molar refractivity (Wildman–Crippen MR) is 222 cm³/mol. The molecule has 2 aromatic heterocycles. The van der Waals surface area contributed by atoms with E-state index in [0.717, 1.165) is 54.4 Å². The smallest absolute Gasteiger partial charge is 0.341 e. The number of methoxy groups -OCH3 is 2. The van der Waals surface area contributed by atoms with Gasteiger partial charge in [0.2, 0.25) is 0 Å². The Kier molecular flexibility index (Phi) is 12.8. The molecule has 0 unspecified atom stereocenters. The van der Waals surface area contributed by atoms with Crippen molar-refractivity contribution in [3.8, 4) is 34.0 Å². The average molecular weight is 838 g/mol. The molecular weight excluding hydrogens is 787 g/mol. The predicted octanol–water partition coefficient (Wildman–Crippen LogP) is 8.61. The van der Waals surface area contributed by atoms with Crippen molar-refractivity contribution >= 4 is 35.1 Å². The van der Waals surface area contributed by atoms with E-state index in [1.165, 1.54) is 24.5 Å². The zero-order valence-corrected chi connectivity index (χ0v) is 35.2. The number of benzene rings is 2. The first-order valence-corrected chi connectivity index (χ1v) is 20.1. The van der Waals surface area contributed by atoms with Gasteiger partial charge in [0.25, 0.3) is 0 Å². The lowest BCUT2D eigenvalue weighted by molar-refractivity contribution is 0.0683. The number of rotatable bonds is 13. The maximum Gasteiger partial charge on any atom is 0.341 e. The van der Waals surface area contributed by atoms with Crippen LogP contribution in [0.15, 0.2) is 58.4 Å². The van der Waals surface area contributed by atoms with Gasteiger partial charge >= 0.3 is 11.9 Å². The number of hydrogen-bond donors (Lipinski definition) is 2.